The Morgan fingerprint density at radius 3 is 3.00 bits per heavy atom. The molecule has 0 fully saturated rings. The minimum atomic E-state index is -0.107. The Hall–Kier alpha value is -1.62. The molecule has 0 radical (unpaired) electrons. The first-order valence-corrected chi connectivity index (χ1v) is 7.32. The average molecular weight is 278 g/mol. The van der Waals surface area contributed by atoms with E-state index in [-0.39, 0.29) is 5.91 Å². The standard InChI is InChI=1S/C14H18N2O2S/c1-3-4-5-9-18-11-7-6-8-12-13(11)16-14(19-12)15-10(2)17/h6-8H,3-5,9H2,1-2H3,(H,15,16,17). The Bertz CT molecular complexity index is 566. The number of para-hydroxylation sites is 1. The van der Waals surface area contributed by atoms with E-state index in [1.165, 1.54) is 31.1 Å². The molecule has 0 aliphatic carbocycles. The number of hydrogen-bond acceptors (Lipinski definition) is 4. The number of hydrogen-bond donors (Lipinski definition) is 1. The number of benzene rings is 1. The number of rotatable bonds is 6. The molecule has 0 aliphatic rings. The highest BCUT2D eigenvalue weighted by Crippen LogP contribution is 2.32. The van der Waals surface area contributed by atoms with Gasteiger partial charge in [-0.25, -0.2) is 4.98 Å². The van der Waals surface area contributed by atoms with Crippen molar-refractivity contribution in [2.45, 2.75) is 33.1 Å². The van der Waals surface area contributed by atoms with Crippen LogP contribution in [0.25, 0.3) is 10.2 Å². The number of nitrogens with zero attached hydrogens (tertiary/aromatic N) is 1. The van der Waals surface area contributed by atoms with Crippen molar-refractivity contribution in [2.24, 2.45) is 0 Å². The second kappa shape index (κ2) is 6.52. The maximum atomic E-state index is 11.0. The van der Waals surface area contributed by atoms with E-state index < -0.39 is 0 Å². The summed E-state index contributed by atoms with van der Waals surface area (Å²) in [5.41, 5.74) is 0.827. The summed E-state index contributed by atoms with van der Waals surface area (Å²) in [6, 6.07) is 5.86. The zero-order valence-corrected chi connectivity index (χ0v) is 12.0. The lowest BCUT2D eigenvalue weighted by atomic mass is 10.2. The molecule has 0 saturated heterocycles. The molecule has 0 unspecified atom stereocenters. The van der Waals surface area contributed by atoms with Crippen molar-refractivity contribution in [1.82, 2.24) is 4.98 Å². The third-order valence-corrected chi connectivity index (χ3v) is 3.61. The zero-order chi connectivity index (χ0) is 13.7. The molecule has 19 heavy (non-hydrogen) atoms. The topological polar surface area (TPSA) is 51.2 Å². The van der Waals surface area contributed by atoms with Gasteiger partial charge >= 0.3 is 0 Å². The third-order valence-electron chi connectivity index (χ3n) is 2.67. The maximum absolute atomic E-state index is 11.0. The van der Waals surface area contributed by atoms with Crippen molar-refractivity contribution in [3.63, 3.8) is 0 Å². The second-order valence-electron chi connectivity index (χ2n) is 4.36. The van der Waals surface area contributed by atoms with E-state index in [0.29, 0.717) is 11.7 Å². The van der Waals surface area contributed by atoms with Gasteiger partial charge in [0, 0.05) is 6.92 Å². The largest absolute Gasteiger partial charge is 0.491 e. The van der Waals surface area contributed by atoms with Gasteiger partial charge in [-0.05, 0) is 18.6 Å². The number of fused-ring (bicyclic) bond motifs is 1. The van der Waals surface area contributed by atoms with Crippen molar-refractivity contribution in [1.29, 1.82) is 0 Å². The van der Waals surface area contributed by atoms with Gasteiger partial charge in [0.05, 0.1) is 11.3 Å². The van der Waals surface area contributed by atoms with Gasteiger partial charge in [0.1, 0.15) is 11.3 Å². The predicted octanol–water partition coefficient (Wildman–Crippen LogP) is 3.82. The van der Waals surface area contributed by atoms with E-state index in [9.17, 15) is 4.79 Å². The smallest absolute Gasteiger partial charge is 0.223 e. The van der Waals surface area contributed by atoms with Crippen LogP contribution in [0.5, 0.6) is 5.75 Å². The lowest BCUT2D eigenvalue weighted by Gasteiger charge is -2.05. The summed E-state index contributed by atoms with van der Waals surface area (Å²) in [6.07, 6.45) is 3.40. The third kappa shape index (κ3) is 3.67. The number of carbonyl (C=O) groups is 1. The lowest BCUT2D eigenvalue weighted by molar-refractivity contribution is -0.114. The molecule has 1 aromatic carbocycles. The molecule has 0 saturated carbocycles. The van der Waals surface area contributed by atoms with E-state index in [0.717, 1.165) is 22.4 Å². The highest BCUT2D eigenvalue weighted by atomic mass is 32.1. The van der Waals surface area contributed by atoms with Crippen LogP contribution < -0.4 is 10.1 Å². The van der Waals surface area contributed by atoms with E-state index in [1.807, 2.05) is 18.2 Å². The molecule has 102 valence electrons. The Kier molecular flexibility index (Phi) is 4.74. The normalized spacial score (nSPS) is 10.6. The number of amides is 1. The molecule has 5 heteroatoms. The Balaban J connectivity index is 2.14. The molecule has 0 atom stereocenters. The van der Waals surface area contributed by atoms with Crippen molar-refractivity contribution in [3.05, 3.63) is 18.2 Å². The van der Waals surface area contributed by atoms with Crippen LogP contribution in [0.2, 0.25) is 0 Å². The summed E-state index contributed by atoms with van der Waals surface area (Å²) in [6.45, 7) is 4.36. The fourth-order valence-electron chi connectivity index (χ4n) is 1.78. The molecule has 1 amide bonds. The van der Waals surface area contributed by atoms with Crippen molar-refractivity contribution in [3.8, 4) is 5.75 Å². The van der Waals surface area contributed by atoms with Gasteiger partial charge in [0.25, 0.3) is 0 Å². The number of carbonyl (C=O) groups excluding carboxylic acids is 1. The quantitative estimate of drug-likeness (QED) is 0.817. The maximum Gasteiger partial charge on any atom is 0.223 e. The molecule has 1 N–H and O–H groups in total. The van der Waals surface area contributed by atoms with E-state index in [2.05, 4.69) is 17.2 Å². The molecule has 0 spiro atoms. The van der Waals surface area contributed by atoms with E-state index in [1.54, 1.807) is 0 Å². The summed E-state index contributed by atoms with van der Waals surface area (Å²) in [5.74, 6) is 0.686. The molecule has 2 aromatic rings. The molecular formula is C14H18N2O2S. The summed E-state index contributed by atoms with van der Waals surface area (Å²) in [4.78, 5) is 15.5. The van der Waals surface area contributed by atoms with Crippen molar-refractivity contribution in [2.75, 3.05) is 11.9 Å². The second-order valence-corrected chi connectivity index (χ2v) is 5.39. The number of anilines is 1. The van der Waals surface area contributed by atoms with Gasteiger partial charge in [-0.15, -0.1) is 0 Å². The van der Waals surface area contributed by atoms with Crippen LogP contribution in [-0.4, -0.2) is 17.5 Å². The first-order chi connectivity index (χ1) is 9.20. The zero-order valence-electron chi connectivity index (χ0n) is 11.2. The number of nitrogens with one attached hydrogen (secondary N) is 1. The van der Waals surface area contributed by atoms with Crippen LogP contribution in [0, 0.1) is 0 Å². The summed E-state index contributed by atoms with van der Waals surface area (Å²) in [5, 5.41) is 3.33. The minimum Gasteiger partial charge on any atom is -0.491 e. The highest BCUT2D eigenvalue weighted by Gasteiger charge is 2.09. The SMILES string of the molecule is CCCCCOc1cccc2sc(NC(C)=O)nc12. The van der Waals surface area contributed by atoms with Crippen LogP contribution in [0.1, 0.15) is 33.1 Å². The first kappa shape index (κ1) is 13.8. The van der Waals surface area contributed by atoms with Gasteiger partial charge in [0.2, 0.25) is 5.91 Å². The summed E-state index contributed by atoms with van der Waals surface area (Å²) in [7, 11) is 0. The van der Waals surface area contributed by atoms with Crippen LogP contribution in [0.3, 0.4) is 0 Å². The molecule has 1 aromatic heterocycles. The predicted molar refractivity (Wildman–Crippen MR) is 78.9 cm³/mol. The van der Waals surface area contributed by atoms with E-state index in [4.69, 9.17) is 4.74 Å². The Morgan fingerprint density at radius 2 is 2.26 bits per heavy atom. The van der Waals surface area contributed by atoms with Crippen LogP contribution in [0.15, 0.2) is 18.2 Å². The van der Waals surface area contributed by atoms with Gasteiger partial charge < -0.3 is 10.1 Å². The molecule has 2 rings (SSSR count). The van der Waals surface area contributed by atoms with Gasteiger partial charge in [0.15, 0.2) is 5.13 Å². The number of thiazole rings is 1. The fraction of sp³-hybridized carbons (Fsp3) is 0.429. The van der Waals surface area contributed by atoms with Crippen molar-refractivity contribution < 1.29 is 9.53 Å². The van der Waals surface area contributed by atoms with Crippen LogP contribution in [-0.2, 0) is 4.79 Å². The van der Waals surface area contributed by atoms with Crippen molar-refractivity contribution >= 4 is 32.6 Å². The van der Waals surface area contributed by atoms with Crippen LogP contribution >= 0.6 is 11.3 Å². The molecule has 4 nitrogen and oxygen atoms in total. The lowest BCUT2D eigenvalue weighted by Crippen LogP contribution is -2.04. The number of ether oxygens (including phenoxy) is 1. The van der Waals surface area contributed by atoms with Gasteiger partial charge in [-0.3, -0.25) is 4.79 Å². The fourth-order valence-corrected chi connectivity index (χ4v) is 2.71. The van der Waals surface area contributed by atoms with Gasteiger partial charge in [-0.1, -0.05) is 37.2 Å². The molecule has 1 heterocycles. The highest BCUT2D eigenvalue weighted by molar-refractivity contribution is 7.22. The number of unbranched alkanes of at least 4 members (excludes halogenated alkanes) is 2. The Labute approximate surface area is 116 Å². The summed E-state index contributed by atoms with van der Waals surface area (Å²) >= 11 is 1.46. The number of aromatic nitrogens is 1. The average Bonchev–Trinajstić information content (AvgIpc) is 2.76. The Morgan fingerprint density at radius 1 is 1.42 bits per heavy atom. The molecule has 0 aliphatic heterocycles. The molecule has 0 bridgehead atoms. The first-order valence-electron chi connectivity index (χ1n) is 6.50. The monoisotopic (exact) mass is 278 g/mol. The van der Waals surface area contributed by atoms with E-state index >= 15 is 0 Å². The van der Waals surface area contributed by atoms with Gasteiger partial charge in [-0.2, -0.15) is 0 Å². The molecular weight excluding hydrogens is 260 g/mol. The summed E-state index contributed by atoms with van der Waals surface area (Å²) < 4.78 is 6.80. The minimum absolute atomic E-state index is 0.107. The van der Waals surface area contributed by atoms with Crippen LogP contribution in [0.4, 0.5) is 5.13 Å².